The number of halogens is 1. The summed E-state index contributed by atoms with van der Waals surface area (Å²) in [7, 11) is 0. The van der Waals surface area contributed by atoms with Crippen LogP contribution in [0.2, 0.25) is 0 Å². The first kappa shape index (κ1) is 14.1. The second-order valence-electron chi connectivity index (χ2n) is 5.01. The molecular weight excluding hydrogens is 310 g/mol. The molecule has 0 atom stereocenters. The van der Waals surface area contributed by atoms with Gasteiger partial charge in [-0.3, -0.25) is 9.59 Å². The van der Waals surface area contributed by atoms with E-state index in [1.165, 1.54) is 4.90 Å². The van der Waals surface area contributed by atoms with Gasteiger partial charge in [-0.05, 0) is 59.3 Å². The van der Waals surface area contributed by atoms with Gasteiger partial charge in [0.05, 0.1) is 5.56 Å². The van der Waals surface area contributed by atoms with Crippen molar-refractivity contribution in [2.45, 2.75) is 19.8 Å². The molecule has 19 heavy (non-hydrogen) atoms. The van der Waals surface area contributed by atoms with Gasteiger partial charge in [0.25, 0.3) is 5.91 Å². The number of carboxylic acid groups (broad SMARTS) is 1. The number of aliphatic carboxylic acids is 1. The molecule has 5 heteroatoms. The van der Waals surface area contributed by atoms with Crippen molar-refractivity contribution in [3.63, 3.8) is 0 Å². The van der Waals surface area contributed by atoms with Crippen LogP contribution in [-0.4, -0.2) is 35.0 Å². The summed E-state index contributed by atoms with van der Waals surface area (Å²) in [5.41, 5.74) is 1.57. The van der Waals surface area contributed by atoms with Gasteiger partial charge in [-0.1, -0.05) is 6.07 Å². The van der Waals surface area contributed by atoms with Crippen molar-refractivity contribution in [1.82, 2.24) is 4.90 Å². The van der Waals surface area contributed by atoms with E-state index in [0.29, 0.717) is 22.5 Å². The molecule has 0 aromatic heterocycles. The first-order chi connectivity index (χ1) is 8.97. The Labute approximate surface area is 120 Å². The Hall–Kier alpha value is -1.36. The summed E-state index contributed by atoms with van der Waals surface area (Å²) in [4.78, 5) is 24.7. The molecule has 0 unspecified atom stereocenters. The van der Waals surface area contributed by atoms with Crippen LogP contribution in [0.15, 0.2) is 22.7 Å². The van der Waals surface area contributed by atoms with Crippen LogP contribution in [0.1, 0.15) is 28.8 Å². The fourth-order valence-electron chi connectivity index (χ4n) is 1.96. The van der Waals surface area contributed by atoms with Crippen LogP contribution < -0.4 is 0 Å². The summed E-state index contributed by atoms with van der Waals surface area (Å²) in [5, 5.41) is 8.92. The number of carbonyl (C=O) groups excluding carboxylic acids is 1. The lowest BCUT2D eigenvalue weighted by Gasteiger charge is -2.21. The largest absolute Gasteiger partial charge is 0.480 e. The number of hydrogen-bond acceptors (Lipinski definition) is 2. The van der Waals surface area contributed by atoms with Gasteiger partial charge in [0.2, 0.25) is 0 Å². The lowest BCUT2D eigenvalue weighted by Crippen LogP contribution is -2.37. The number of benzene rings is 1. The summed E-state index contributed by atoms with van der Waals surface area (Å²) in [6.07, 6.45) is 2.16. The van der Waals surface area contributed by atoms with E-state index in [2.05, 4.69) is 15.9 Å². The van der Waals surface area contributed by atoms with Crippen molar-refractivity contribution < 1.29 is 14.7 Å². The predicted molar refractivity (Wildman–Crippen MR) is 75.1 cm³/mol. The Bertz CT molecular complexity index is 511. The van der Waals surface area contributed by atoms with Gasteiger partial charge in [-0.25, -0.2) is 0 Å². The van der Waals surface area contributed by atoms with Crippen molar-refractivity contribution in [2.75, 3.05) is 13.1 Å². The lowest BCUT2D eigenvalue weighted by molar-refractivity contribution is -0.137. The summed E-state index contributed by atoms with van der Waals surface area (Å²) in [6, 6.07) is 5.46. The Kier molecular flexibility index (Phi) is 4.24. The Balaban J connectivity index is 2.19. The van der Waals surface area contributed by atoms with E-state index in [1.807, 2.05) is 19.1 Å². The van der Waals surface area contributed by atoms with Crippen molar-refractivity contribution >= 4 is 27.8 Å². The van der Waals surface area contributed by atoms with Gasteiger partial charge in [0.1, 0.15) is 6.54 Å². The highest BCUT2D eigenvalue weighted by atomic mass is 79.9. The van der Waals surface area contributed by atoms with E-state index in [9.17, 15) is 9.59 Å². The average molecular weight is 326 g/mol. The number of nitrogens with zero attached hydrogens (tertiary/aromatic N) is 1. The SMILES string of the molecule is Cc1ccc(C(=O)N(CC(=O)O)CC2CC2)c(Br)c1. The molecule has 0 spiro atoms. The molecule has 1 saturated carbocycles. The third-order valence-corrected chi connectivity index (χ3v) is 3.80. The topological polar surface area (TPSA) is 57.6 Å². The number of amides is 1. The number of hydrogen-bond donors (Lipinski definition) is 1. The highest BCUT2D eigenvalue weighted by molar-refractivity contribution is 9.10. The monoisotopic (exact) mass is 325 g/mol. The first-order valence-corrected chi connectivity index (χ1v) is 7.04. The third-order valence-electron chi connectivity index (χ3n) is 3.14. The molecule has 0 heterocycles. The lowest BCUT2D eigenvalue weighted by atomic mass is 10.1. The molecular formula is C14H16BrNO3. The average Bonchev–Trinajstić information content (AvgIpc) is 3.10. The minimum Gasteiger partial charge on any atom is -0.480 e. The Morgan fingerprint density at radius 3 is 2.63 bits per heavy atom. The first-order valence-electron chi connectivity index (χ1n) is 6.24. The van der Waals surface area contributed by atoms with Gasteiger partial charge in [0, 0.05) is 11.0 Å². The maximum absolute atomic E-state index is 12.4. The minimum absolute atomic E-state index is 0.221. The van der Waals surface area contributed by atoms with Crippen molar-refractivity contribution in [3.05, 3.63) is 33.8 Å². The molecule has 0 saturated heterocycles. The van der Waals surface area contributed by atoms with Crippen LogP contribution in [0.5, 0.6) is 0 Å². The molecule has 0 aliphatic heterocycles. The molecule has 1 aromatic rings. The number of aryl methyl sites for hydroxylation is 1. The zero-order valence-corrected chi connectivity index (χ0v) is 12.3. The maximum Gasteiger partial charge on any atom is 0.323 e. The quantitative estimate of drug-likeness (QED) is 0.905. The van der Waals surface area contributed by atoms with E-state index < -0.39 is 5.97 Å². The third kappa shape index (κ3) is 3.80. The van der Waals surface area contributed by atoms with Crippen molar-refractivity contribution in [1.29, 1.82) is 0 Å². The molecule has 0 bridgehead atoms. The summed E-state index contributed by atoms with van der Waals surface area (Å²) in [5.74, 6) is -0.731. The molecule has 102 valence electrons. The zero-order valence-electron chi connectivity index (χ0n) is 10.7. The van der Waals surface area contributed by atoms with Crippen LogP contribution in [0, 0.1) is 12.8 Å². The fourth-order valence-corrected chi connectivity index (χ4v) is 2.62. The van der Waals surface area contributed by atoms with E-state index in [0.717, 1.165) is 18.4 Å². The van der Waals surface area contributed by atoms with E-state index in [-0.39, 0.29) is 12.5 Å². The second kappa shape index (κ2) is 5.74. The molecule has 1 aliphatic rings. The minimum atomic E-state index is -0.975. The molecule has 1 aromatic carbocycles. The summed E-state index contributed by atoms with van der Waals surface area (Å²) in [6.45, 7) is 2.24. The molecule has 4 nitrogen and oxygen atoms in total. The standard InChI is InChI=1S/C14H16BrNO3/c1-9-2-5-11(12(15)6-9)14(19)16(8-13(17)18)7-10-3-4-10/h2,5-6,10H,3-4,7-8H2,1H3,(H,17,18). The summed E-state index contributed by atoms with van der Waals surface area (Å²) >= 11 is 3.37. The van der Waals surface area contributed by atoms with Crippen LogP contribution in [0.3, 0.4) is 0 Å². The fraction of sp³-hybridized carbons (Fsp3) is 0.429. The molecule has 1 N–H and O–H groups in total. The van der Waals surface area contributed by atoms with Crippen LogP contribution in [0.4, 0.5) is 0 Å². The molecule has 1 aliphatic carbocycles. The molecule has 0 radical (unpaired) electrons. The maximum atomic E-state index is 12.4. The number of carboxylic acids is 1. The predicted octanol–water partition coefficient (Wildman–Crippen LogP) is 2.69. The van der Waals surface area contributed by atoms with Gasteiger partial charge in [-0.2, -0.15) is 0 Å². The number of carbonyl (C=O) groups is 2. The van der Waals surface area contributed by atoms with Crippen molar-refractivity contribution in [3.8, 4) is 0 Å². The Morgan fingerprint density at radius 1 is 1.42 bits per heavy atom. The van der Waals surface area contributed by atoms with Gasteiger partial charge in [-0.15, -0.1) is 0 Å². The van der Waals surface area contributed by atoms with Crippen LogP contribution in [-0.2, 0) is 4.79 Å². The van der Waals surface area contributed by atoms with E-state index >= 15 is 0 Å². The zero-order chi connectivity index (χ0) is 14.0. The van der Waals surface area contributed by atoms with E-state index in [4.69, 9.17) is 5.11 Å². The highest BCUT2D eigenvalue weighted by Gasteiger charge is 2.29. The Morgan fingerprint density at radius 2 is 2.11 bits per heavy atom. The molecule has 2 rings (SSSR count). The molecule has 1 fully saturated rings. The second-order valence-corrected chi connectivity index (χ2v) is 5.86. The van der Waals surface area contributed by atoms with Crippen LogP contribution in [0.25, 0.3) is 0 Å². The highest BCUT2D eigenvalue weighted by Crippen LogP contribution is 2.30. The van der Waals surface area contributed by atoms with E-state index in [1.54, 1.807) is 6.07 Å². The summed E-state index contributed by atoms with van der Waals surface area (Å²) < 4.78 is 0.712. The molecule has 1 amide bonds. The van der Waals surface area contributed by atoms with Crippen molar-refractivity contribution in [2.24, 2.45) is 5.92 Å². The van der Waals surface area contributed by atoms with Gasteiger partial charge in [0.15, 0.2) is 0 Å². The normalized spacial score (nSPS) is 14.2. The van der Waals surface area contributed by atoms with Crippen LogP contribution >= 0.6 is 15.9 Å². The number of rotatable bonds is 5. The van der Waals surface area contributed by atoms with Gasteiger partial charge < -0.3 is 10.0 Å². The van der Waals surface area contributed by atoms with Gasteiger partial charge >= 0.3 is 5.97 Å². The smallest absolute Gasteiger partial charge is 0.323 e.